The monoisotopic (exact) mass is 316 g/mol. The molecule has 0 bridgehead atoms. The van der Waals surface area contributed by atoms with E-state index in [-0.39, 0.29) is 19.1 Å². The third-order valence-electron chi connectivity index (χ3n) is 2.63. The van der Waals surface area contributed by atoms with Gasteiger partial charge >= 0.3 is 0 Å². The van der Waals surface area contributed by atoms with Crippen molar-refractivity contribution < 1.29 is 23.1 Å². The standard InChI is InChI=1S/C13H20N2O5S/c1-15(8-12(16)9-20-2)13(17)10-4-6-11(7-5-10)14-21(3,18)19/h4-7,12,14,16H,8-9H2,1-3H3. The number of hydrogen-bond donors (Lipinski definition) is 2. The maximum absolute atomic E-state index is 12.1. The van der Waals surface area contributed by atoms with E-state index < -0.39 is 16.1 Å². The third kappa shape index (κ3) is 6.11. The van der Waals surface area contributed by atoms with Crippen molar-refractivity contribution in [1.29, 1.82) is 0 Å². The fourth-order valence-corrected chi connectivity index (χ4v) is 2.32. The molecule has 21 heavy (non-hydrogen) atoms. The predicted octanol–water partition coefficient (Wildman–Crippen LogP) is 0.137. The van der Waals surface area contributed by atoms with Crippen molar-refractivity contribution in [2.45, 2.75) is 6.10 Å². The lowest BCUT2D eigenvalue weighted by atomic mass is 10.2. The number of aliphatic hydroxyl groups excluding tert-OH is 1. The first-order valence-corrected chi connectivity index (χ1v) is 8.12. The Kier molecular flexibility index (Phi) is 6.13. The van der Waals surface area contributed by atoms with Gasteiger partial charge in [0.2, 0.25) is 10.0 Å². The lowest BCUT2D eigenvalue weighted by Crippen LogP contribution is -2.36. The molecule has 1 atom stereocenters. The molecule has 1 aromatic rings. The number of nitrogens with one attached hydrogen (secondary N) is 1. The molecule has 1 aromatic carbocycles. The van der Waals surface area contributed by atoms with Gasteiger partial charge < -0.3 is 14.7 Å². The largest absolute Gasteiger partial charge is 0.389 e. The van der Waals surface area contributed by atoms with Crippen LogP contribution >= 0.6 is 0 Å². The number of likely N-dealkylation sites (N-methyl/N-ethyl adjacent to an activating group) is 1. The molecule has 0 heterocycles. The summed E-state index contributed by atoms with van der Waals surface area (Å²) in [7, 11) is -0.297. The van der Waals surface area contributed by atoms with Crippen molar-refractivity contribution in [3.63, 3.8) is 0 Å². The first kappa shape index (κ1) is 17.4. The lowest BCUT2D eigenvalue weighted by Gasteiger charge is -2.20. The van der Waals surface area contributed by atoms with Crippen LogP contribution in [0.1, 0.15) is 10.4 Å². The molecule has 118 valence electrons. The number of benzene rings is 1. The molecule has 7 nitrogen and oxygen atoms in total. The molecule has 2 N–H and O–H groups in total. The minimum absolute atomic E-state index is 0.148. The van der Waals surface area contributed by atoms with Crippen LogP contribution in [-0.2, 0) is 14.8 Å². The van der Waals surface area contributed by atoms with Gasteiger partial charge in [0.25, 0.3) is 5.91 Å². The Morgan fingerprint density at radius 1 is 1.38 bits per heavy atom. The summed E-state index contributed by atoms with van der Waals surface area (Å²) < 4.78 is 29.3. The highest BCUT2D eigenvalue weighted by Gasteiger charge is 2.15. The van der Waals surface area contributed by atoms with E-state index >= 15 is 0 Å². The summed E-state index contributed by atoms with van der Waals surface area (Å²) in [5.74, 6) is -0.268. The van der Waals surface area contributed by atoms with Gasteiger partial charge in [0, 0.05) is 32.0 Å². The Labute approximate surface area is 124 Å². The number of rotatable bonds is 7. The number of amides is 1. The van der Waals surface area contributed by atoms with E-state index in [0.29, 0.717) is 11.3 Å². The number of ether oxygens (including phenoxy) is 1. The van der Waals surface area contributed by atoms with Crippen LogP contribution in [0.15, 0.2) is 24.3 Å². The second-order valence-electron chi connectivity index (χ2n) is 4.75. The molecule has 0 saturated heterocycles. The van der Waals surface area contributed by atoms with E-state index in [0.717, 1.165) is 6.26 Å². The number of carbonyl (C=O) groups excluding carboxylic acids is 1. The van der Waals surface area contributed by atoms with E-state index in [4.69, 9.17) is 4.74 Å². The highest BCUT2D eigenvalue weighted by molar-refractivity contribution is 7.92. The molecule has 0 saturated carbocycles. The summed E-state index contributed by atoms with van der Waals surface area (Å²) in [5.41, 5.74) is 0.789. The van der Waals surface area contributed by atoms with Crippen LogP contribution in [0.3, 0.4) is 0 Å². The zero-order chi connectivity index (χ0) is 16.0. The van der Waals surface area contributed by atoms with Gasteiger partial charge in [0.1, 0.15) is 0 Å². The average Bonchev–Trinajstić information content (AvgIpc) is 2.37. The van der Waals surface area contributed by atoms with Gasteiger partial charge in [-0.2, -0.15) is 0 Å². The molecule has 0 aliphatic carbocycles. The molecule has 0 aliphatic rings. The molecule has 1 rings (SSSR count). The normalized spacial score (nSPS) is 12.8. The van der Waals surface area contributed by atoms with Crippen LogP contribution in [0, 0.1) is 0 Å². The van der Waals surface area contributed by atoms with E-state index in [2.05, 4.69) is 4.72 Å². The predicted molar refractivity (Wildman–Crippen MR) is 79.8 cm³/mol. The van der Waals surface area contributed by atoms with Gasteiger partial charge in [-0.1, -0.05) is 0 Å². The molecular formula is C13H20N2O5S. The highest BCUT2D eigenvalue weighted by atomic mass is 32.2. The maximum Gasteiger partial charge on any atom is 0.253 e. The number of aliphatic hydroxyl groups is 1. The van der Waals surface area contributed by atoms with Gasteiger partial charge in [0.15, 0.2) is 0 Å². The molecule has 8 heteroatoms. The summed E-state index contributed by atoms with van der Waals surface area (Å²) in [5, 5.41) is 9.59. The fraction of sp³-hybridized carbons (Fsp3) is 0.462. The summed E-state index contributed by atoms with van der Waals surface area (Å²) in [6.45, 7) is 0.296. The van der Waals surface area contributed by atoms with Crippen molar-refractivity contribution in [2.24, 2.45) is 0 Å². The summed E-state index contributed by atoms with van der Waals surface area (Å²) in [6, 6.07) is 6.06. The molecule has 0 radical (unpaired) electrons. The van der Waals surface area contributed by atoms with Gasteiger partial charge in [-0.3, -0.25) is 9.52 Å². The molecule has 0 spiro atoms. The van der Waals surface area contributed by atoms with Crippen LogP contribution < -0.4 is 4.72 Å². The zero-order valence-electron chi connectivity index (χ0n) is 12.2. The van der Waals surface area contributed by atoms with Crippen LogP contribution in [-0.4, -0.2) is 64.0 Å². The number of sulfonamides is 1. The molecule has 1 unspecified atom stereocenters. The Morgan fingerprint density at radius 2 is 1.95 bits per heavy atom. The second-order valence-corrected chi connectivity index (χ2v) is 6.49. The van der Waals surface area contributed by atoms with Gasteiger partial charge in [-0.05, 0) is 24.3 Å². The molecular weight excluding hydrogens is 296 g/mol. The summed E-state index contributed by atoms with van der Waals surface area (Å²) >= 11 is 0. The lowest BCUT2D eigenvalue weighted by molar-refractivity contribution is 0.0380. The van der Waals surface area contributed by atoms with Gasteiger partial charge in [-0.15, -0.1) is 0 Å². The van der Waals surface area contributed by atoms with E-state index in [9.17, 15) is 18.3 Å². The molecule has 0 fully saturated rings. The summed E-state index contributed by atoms with van der Waals surface area (Å²) in [4.78, 5) is 13.5. The van der Waals surface area contributed by atoms with Crippen molar-refractivity contribution in [3.05, 3.63) is 29.8 Å². The second kappa shape index (κ2) is 7.39. The number of methoxy groups -OCH3 is 1. The highest BCUT2D eigenvalue weighted by Crippen LogP contribution is 2.12. The third-order valence-corrected chi connectivity index (χ3v) is 3.23. The molecule has 0 aromatic heterocycles. The Hall–Kier alpha value is -1.64. The average molecular weight is 316 g/mol. The van der Waals surface area contributed by atoms with Crippen molar-refractivity contribution in [2.75, 3.05) is 38.3 Å². The van der Waals surface area contributed by atoms with E-state index in [1.165, 1.54) is 36.3 Å². The smallest absolute Gasteiger partial charge is 0.253 e. The maximum atomic E-state index is 12.1. The Balaban J connectivity index is 2.70. The molecule has 0 aliphatic heterocycles. The van der Waals surface area contributed by atoms with Crippen LogP contribution in [0.4, 0.5) is 5.69 Å². The minimum atomic E-state index is -3.34. The van der Waals surface area contributed by atoms with Crippen LogP contribution in [0.2, 0.25) is 0 Å². The van der Waals surface area contributed by atoms with Crippen molar-refractivity contribution in [3.8, 4) is 0 Å². The zero-order valence-corrected chi connectivity index (χ0v) is 13.1. The van der Waals surface area contributed by atoms with Gasteiger partial charge in [-0.25, -0.2) is 8.42 Å². The van der Waals surface area contributed by atoms with Gasteiger partial charge in [0.05, 0.1) is 19.0 Å². The number of anilines is 1. The first-order chi connectivity index (χ1) is 9.73. The minimum Gasteiger partial charge on any atom is -0.389 e. The Morgan fingerprint density at radius 3 is 2.43 bits per heavy atom. The quantitative estimate of drug-likeness (QED) is 0.746. The van der Waals surface area contributed by atoms with Crippen molar-refractivity contribution >= 4 is 21.6 Å². The van der Waals surface area contributed by atoms with E-state index in [1.54, 1.807) is 7.05 Å². The number of hydrogen-bond acceptors (Lipinski definition) is 5. The SMILES string of the molecule is COCC(O)CN(C)C(=O)c1ccc(NS(C)(=O)=O)cc1. The molecule has 1 amide bonds. The summed E-state index contributed by atoms with van der Waals surface area (Å²) in [6.07, 6.45) is 0.298. The van der Waals surface area contributed by atoms with E-state index in [1.807, 2.05) is 0 Å². The topological polar surface area (TPSA) is 95.9 Å². The first-order valence-electron chi connectivity index (χ1n) is 6.23. The Bertz CT molecular complexity index is 571. The number of nitrogens with zero attached hydrogens (tertiary/aromatic N) is 1. The van der Waals surface area contributed by atoms with Crippen molar-refractivity contribution in [1.82, 2.24) is 4.90 Å². The van der Waals surface area contributed by atoms with Crippen LogP contribution in [0.25, 0.3) is 0 Å². The number of carbonyl (C=O) groups is 1. The van der Waals surface area contributed by atoms with Crippen LogP contribution in [0.5, 0.6) is 0 Å². The fourth-order valence-electron chi connectivity index (χ4n) is 1.76.